The molecule has 0 aromatic carbocycles. The minimum atomic E-state index is -0.835. The Morgan fingerprint density at radius 2 is 0.557 bits per heavy atom. The molecular weight excluding hydrogens is 863 g/mol. The second-order valence-electron chi connectivity index (χ2n) is 22.6. The number of carbonyl (C=O) groups is 2. The predicted molar refractivity (Wildman–Crippen MR) is 304 cm³/mol. The van der Waals surface area contributed by atoms with Crippen molar-refractivity contribution in [2.75, 3.05) is 19.8 Å². The molecule has 6 heteroatoms. The minimum Gasteiger partial charge on any atom is -0.478 e. The summed E-state index contributed by atoms with van der Waals surface area (Å²) in [5.74, 6) is 0.382. The maximum absolute atomic E-state index is 12.9. The molecule has 0 N–H and O–H groups in total. The number of hydrogen-bond acceptors (Lipinski definition) is 6. The largest absolute Gasteiger partial charge is 0.478 e. The molecule has 6 nitrogen and oxygen atoms in total. The Kier molecular flexibility index (Phi) is 51.0. The van der Waals surface area contributed by atoms with Crippen LogP contribution in [-0.4, -0.2) is 43.2 Å². The van der Waals surface area contributed by atoms with Crippen molar-refractivity contribution in [3.05, 3.63) is 0 Å². The Hall–Kier alpha value is -1.59. The van der Waals surface area contributed by atoms with E-state index in [9.17, 15) is 9.59 Å². The molecule has 0 saturated heterocycles. The van der Waals surface area contributed by atoms with Gasteiger partial charge in [-0.25, -0.2) is 4.99 Å². The summed E-state index contributed by atoms with van der Waals surface area (Å²) >= 11 is 0. The lowest BCUT2D eigenvalue weighted by molar-refractivity contribution is -0.150. The molecule has 1 rings (SSSR count). The molecule has 0 atom stereocenters. The zero-order valence-electron chi connectivity index (χ0n) is 47.8. The summed E-state index contributed by atoms with van der Waals surface area (Å²) < 4.78 is 17.8. The lowest BCUT2D eigenvalue weighted by atomic mass is 10.0. The predicted octanol–water partition coefficient (Wildman–Crippen LogP) is 21.4. The van der Waals surface area contributed by atoms with E-state index in [1.807, 2.05) is 0 Å². The third kappa shape index (κ3) is 46.2. The number of aliphatic imine (C=N–C) groups is 1. The average molecular weight is 987 g/mol. The molecule has 1 heterocycles. The van der Waals surface area contributed by atoms with Crippen molar-refractivity contribution in [2.45, 2.75) is 373 Å². The number of ether oxygens (including phenoxy) is 3. The number of unbranched alkanes of at least 4 members (excludes halogenated alkanes) is 48. The van der Waals surface area contributed by atoms with Gasteiger partial charge in [0.05, 0.1) is 0 Å². The Labute approximate surface area is 437 Å². The van der Waals surface area contributed by atoms with Gasteiger partial charge in [0.1, 0.15) is 19.8 Å². The second kappa shape index (κ2) is 53.7. The number of rotatable bonds is 58. The molecule has 1 aliphatic rings. The number of esters is 2. The normalized spacial score (nSPS) is 13.2. The van der Waals surface area contributed by atoms with Gasteiger partial charge in [-0.1, -0.05) is 329 Å². The molecule has 0 fully saturated rings. The average Bonchev–Trinajstić information content (AvgIpc) is 3.78. The highest BCUT2D eigenvalue weighted by Gasteiger charge is 2.40. The van der Waals surface area contributed by atoms with Crippen molar-refractivity contribution in [1.82, 2.24) is 0 Å². The van der Waals surface area contributed by atoms with Crippen LogP contribution in [0.4, 0.5) is 0 Å². The summed E-state index contributed by atoms with van der Waals surface area (Å²) in [5.41, 5.74) is -0.835. The Morgan fingerprint density at radius 3 is 0.800 bits per heavy atom. The van der Waals surface area contributed by atoms with Crippen LogP contribution in [0.25, 0.3) is 0 Å². The molecule has 414 valence electrons. The number of nitrogens with zero attached hydrogens (tertiary/aromatic N) is 1. The van der Waals surface area contributed by atoms with E-state index >= 15 is 0 Å². The van der Waals surface area contributed by atoms with Gasteiger partial charge in [-0.3, -0.25) is 9.59 Å². The molecule has 0 radical (unpaired) electrons. The van der Waals surface area contributed by atoms with Crippen molar-refractivity contribution >= 4 is 17.8 Å². The van der Waals surface area contributed by atoms with Gasteiger partial charge in [0.2, 0.25) is 0 Å². The summed E-state index contributed by atoms with van der Waals surface area (Å²) in [6.45, 7) is 7.40. The van der Waals surface area contributed by atoms with E-state index < -0.39 is 5.54 Å². The van der Waals surface area contributed by atoms with Crippen molar-refractivity contribution in [3.8, 4) is 0 Å². The Bertz CT molecular complexity index is 1070. The monoisotopic (exact) mass is 986 g/mol. The van der Waals surface area contributed by atoms with Crippen LogP contribution in [0.2, 0.25) is 0 Å². The van der Waals surface area contributed by atoms with Gasteiger partial charge in [0.25, 0.3) is 0 Å². The van der Waals surface area contributed by atoms with Crippen LogP contribution in [0.3, 0.4) is 0 Å². The van der Waals surface area contributed by atoms with E-state index in [1.165, 1.54) is 295 Å². The third-order valence-corrected chi connectivity index (χ3v) is 15.3. The molecule has 0 amide bonds. The number of hydrogen-bond donors (Lipinski definition) is 0. The van der Waals surface area contributed by atoms with Gasteiger partial charge in [0, 0.05) is 19.3 Å². The van der Waals surface area contributed by atoms with Crippen molar-refractivity contribution < 1.29 is 23.8 Å². The van der Waals surface area contributed by atoms with Crippen LogP contribution in [0.1, 0.15) is 367 Å². The quantitative estimate of drug-likeness (QED) is 0.0448. The molecule has 0 aliphatic carbocycles. The smallest absolute Gasteiger partial charge is 0.305 e. The summed E-state index contributed by atoms with van der Waals surface area (Å²) in [6, 6.07) is 0. The summed E-state index contributed by atoms with van der Waals surface area (Å²) in [4.78, 5) is 30.8. The first kappa shape index (κ1) is 66.4. The number of carbonyl (C=O) groups excluding carboxylic acids is 2. The highest BCUT2D eigenvalue weighted by molar-refractivity contribution is 5.78. The fourth-order valence-corrected chi connectivity index (χ4v) is 10.4. The van der Waals surface area contributed by atoms with Crippen molar-refractivity contribution in [2.24, 2.45) is 4.99 Å². The van der Waals surface area contributed by atoms with Gasteiger partial charge < -0.3 is 14.2 Å². The van der Waals surface area contributed by atoms with E-state index in [2.05, 4.69) is 20.8 Å². The SMILES string of the molecule is CCCCCCCCCCCCCCCCCCCCC(=O)OCC1(COC(=O)CCCCCCCCCCCCCCCCCCCC)COC(CCCCCCCCCCCCCCCCC)=N1. The fraction of sp³-hybridized carbons (Fsp3) is 0.953. The second-order valence-corrected chi connectivity index (χ2v) is 22.6. The van der Waals surface area contributed by atoms with Crippen LogP contribution < -0.4 is 0 Å². The van der Waals surface area contributed by atoms with Crippen LogP contribution in [0.5, 0.6) is 0 Å². The standard InChI is InChI=1S/C64H123NO5/c1-4-7-10-13-16-19-22-25-28-30-32-35-38-41-44-47-50-53-56-62(66)69-59-64(58-68-61(65-64)55-52-49-46-43-40-37-34-27-24-21-18-15-12-9-6-3)60-70-63(67)57-54-51-48-45-42-39-36-33-31-29-26-23-20-17-14-11-8-5-2/h4-60H2,1-3H3. The van der Waals surface area contributed by atoms with E-state index in [0.717, 1.165) is 44.4 Å². The molecule has 0 unspecified atom stereocenters. The zero-order chi connectivity index (χ0) is 50.4. The lowest BCUT2D eigenvalue weighted by Crippen LogP contribution is -2.41. The molecular formula is C64H123NO5. The van der Waals surface area contributed by atoms with Crippen molar-refractivity contribution in [3.63, 3.8) is 0 Å². The zero-order valence-corrected chi connectivity index (χ0v) is 47.8. The van der Waals surface area contributed by atoms with Gasteiger partial charge >= 0.3 is 11.9 Å². The molecule has 0 aromatic heterocycles. The van der Waals surface area contributed by atoms with E-state index in [1.54, 1.807) is 0 Å². The highest BCUT2D eigenvalue weighted by Crippen LogP contribution is 2.25. The molecule has 0 spiro atoms. The van der Waals surface area contributed by atoms with Gasteiger partial charge in [-0.05, 0) is 19.3 Å². The topological polar surface area (TPSA) is 74.2 Å². The van der Waals surface area contributed by atoms with Crippen LogP contribution in [-0.2, 0) is 23.8 Å². The molecule has 0 saturated carbocycles. The van der Waals surface area contributed by atoms with E-state index in [-0.39, 0.29) is 25.2 Å². The van der Waals surface area contributed by atoms with Gasteiger partial charge in [0.15, 0.2) is 11.4 Å². The summed E-state index contributed by atoms with van der Waals surface area (Å²) in [7, 11) is 0. The van der Waals surface area contributed by atoms with Crippen LogP contribution >= 0.6 is 0 Å². The first-order valence-electron chi connectivity index (χ1n) is 32.1. The van der Waals surface area contributed by atoms with E-state index in [0.29, 0.717) is 19.4 Å². The lowest BCUT2D eigenvalue weighted by Gasteiger charge is -2.23. The minimum absolute atomic E-state index is 0.111. The van der Waals surface area contributed by atoms with Crippen LogP contribution in [0, 0.1) is 0 Å². The highest BCUT2D eigenvalue weighted by atomic mass is 16.6. The molecule has 0 aromatic rings. The maximum Gasteiger partial charge on any atom is 0.305 e. The van der Waals surface area contributed by atoms with Gasteiger partial charge in [-0.15, -0.1) is 0 Å². The molecule has 0 bridgehead atoms. The Balaban J connectivity index is 2.30. The van der Waals surface area contributed by atoms with Gasteiger partial charge in [-0.2, -0.15) is 0 Å². The first-order chi connectivity index (χ1) is 34.5. The first-order valence-corrected chi connectivity index (χ1v) is 32.1. The molecule has 70 heavy (non-hydrogen) atoms. The maximum atomic E-state index is 12.9. The molecule has 1 aliphatic heterocycles. The van der Waals surface area contributed by atoms with Crippen molar-refractivity contribution in [1.29, 1.82) is 0 Å². The Morgan fingerprint density at radius 1 is 0.343 bits per heavy atom. The summed E-state index contributed by atoms with van der Waals surface area (Å²) in [5, 5.41) is 0. The third-order valence-electron chi connectivity index (χ3n) is 15.3. The van der Waals surface area contributed by atoms with Crippen LogP contribution in [0.15, 0.2) is 4.99 Å². The van der Waals surface area contributed by atoms with E-state index in [4.69, 9.17) is 19.2 Å². The summed E-state index contributed by atoms with van der Waals surface area (Å²) in [6.07, 6.45) is 69.6. The fourth-order valence-electron chi connectivity index (χ4n) is 10.4.